The number of nitrogens with one attached hydrogen (secondary N) is 2. The number of furan rings is 1. The maximum absolute atomic E-state index is 12.3. The topological polar surface area (TPSA) is 70.9 Å². The normalized spacial score (nSPS) is 10.8. The van der Waals surface area contributed by atoms with Gasteiger partial charge in [-0.25, -0.2) is 4.98 Å². The molecule has 29 heavy (non-hydrogen) atoms. The maximum atomic E-state index is 12.3. The first-order valence-electron chi connectivity index (χ1n) is 9.02. The third-order valence-electron chi connectivity index (χ3n) is 4.21. The summed E-state index contributed by atoms with van der Waals surface area (Å²) in [5.74, 6) is 1.60. The number of nitrogens with zero attached hydrogens (tertiary/aromatic N) is 1. The van der Waals surface area contributed by atoms with Crippen molar-refractivity contribution in [3.05, 3.63) is 83.8 Å². The molecule has 0 saturated heterocycles. The zero-order valence-corrected chi connectivity index (χ0v) is 17.0. The monoisotopic (exact) mass is 423 g/mol. The number of halogens is 1. The number of thioether (sulfide) groups is 1. The molecule has 0 aliphatic heterocycles. The highest BCUT2D eigenvalue weighted by Gasteiger charge is 2.15. The van der Waals surface area contributed by atoms with E-state index < -0.39 is 0 Å². The molecular weight excluding hydrogens is 406 g/mol. The summed E-state index contributed by atoms with van der Waals surface area (Å²) < 4.78 is 5.24. The van der Waals surface area contributed by atoms with Gasteiger partial charge in [0.15, 0.2) is 0 Å². The van der Waals surface area contributed by atoms with Crippen molar-refractivity contribution in [2.24, 2.45) is 0 Å². The Balaban J connectivity index is 1.53. The lowest BCUT2D eigenvalue weighted by Gasteiger charge is -2.04. The number of carbonyl (C=O) groups excluding carboxylic acids is 1. The van der Waals surface area contributed by atoms with E-state index in [-0.39, 0.29) is 11.7 Å². The molecule has 0 saturated carbocycles. The van der Waals surface area contributed by atoms with Gasteiger partial charge in [0.2, 0.25) is 5.91 Å². The summed E-state index contributed by atoms with van der Waals surface area (Å²) in [6.07, 6.45) is 1.59. The molecule has 7 heteroatoms. The van der Waals surface area contributed by atoms with Crippen LogP contribution in [0.3, 0.4) is 0 Å². The molecule has 4 rings (SSSR count). The second kappa shape index (κ2) is 9.03. The van der Waals surface area contributed by atoms with Crippen LogP contribution in [0.2, 0.25) is 5.02 Å². The van der Waals surface area contributed by atoms with Crippen molar-refractivity contribution in [2.45, 2.75) is 11.6 Å². The van der Waals surface area contributed by atoms with E-state index in [4.69, 9.17) is 21.0 Å². The smallest absolute Gasteiger partial charge is 0.230 e. The van der Waals surface area contributed by atoms with Crippen molar-refractivity contribution in [2.75, 3.05) is 5.75 Å². The summed E-state index contributed by atoms with van der Waals surface area (Å²) in [6.45, 7) is 0.367. The molecule has 0 radical (unpaired) electrons. The zero-order chi connectivity index (χ0) is 20.1. The summed E-state index contributed by atoms with van der Waals surface area (Å²) in [4.78, 5) is 20.4. The highest BCUT2D eigenvalue weighted by molar-refractivity contribution is 8.00. The molecule has 0 spiro atoms. The number of rotatable bonds is 7. The molecule has 0 unspecified atom stereocenters. The quantitative estimate of drug-likeness (QED) is 0.390. The molecule has 5 nitrogen and oxygen atoms in total. The van der Waals surface area contributed by atoms with Crippen LogP contribution in [0.1, 0.15) is 5.76 Å². The van der Waals surface area contributed by atoms with Crippen LogP contribution in [-0.4, -0.2) is 21.6 Å². The Labute approximate surface area is 177 Å². The summed E-state index contributed by atoms with van der Waals surface area (Å²) in [5, 5.41) is 4.26. The van der Waals surface area contributed by atoms with Crippen LogP contribution < -0.4 is 5.32 Å². The second-order valence-corrected chi connectivity index (χ2v) is 7.69. The minimum Gasteiger partial charge on any atom is -0.467 e. The molecule has 2 N–H and O–H groups in total. The van der Waals surface area contributed by atoms with Crippen LogP contribution in [0.5, 0.6) is 0 Å². The number of benzene rings is 2. The third-order valence-corrected chi connectivity index (χ3v) is 5.42. The predicted molar refractivity (Wildman–Crippen MR) is 116 cm³/mol. The first-order chi connectivity index (χ1) is 14.2. The van der Waals surface area contributed by atoms with E-state index >= 15 is 0 Å². The van der Waals surface area contributed by atoms with Crippen molar-refractivity contribution in [3.63, 3.8) is 0 Å². The fourth-order valence-corrected chi connectivity index (χ4v) is 3.85. The first kappa shape index (κ1) is 19.4. The number of hydrogen-bond donors (Lipinski definition) is 2. The van der Waals surface area contributed by atoms with Crippen LogP contribution in [0.15, 0.2) is 82.4 Å². The van der Waals surface area contributed by atoms with E-state index in [1.54, 1.807) is 12.3 Å². The average Bonchev–Trinajstić information content (AvgIpc) is 3.41. The molecule has 0 bridgehead atoms. The van der Waals surface area contributed by atoms with Crippen LogP contribution in [0.4, 0.5) is 0 Å². The molecule has 2 aromatic carbocycles. The van der Waals surface area contributed by atoms with Crippen molar-refractivity contribution in [1.82, 2.24) is 15.3 Å². The molecule has 0 aliphatic carbocycles. The molecule has 2 heterocycles. The fourth-order valence-electron chi connectivity index (χ4n) is 2.82. The summed E-state index contributed by atoms with van der Waals surface area (Å²) in [6, 6.07) is 21.1. The van der Waals surface area contributed by atoms with Gasteiger partial charge in [0.1, 0.15) is 16.6 Å². The van der Waals surface area contributed by atoms with Gasteiger partial charge in [-0.2, -0.15) is 0 Å². The molecule has 0 atom stereocenters. The van der Waals surface area contributed by atoms with Gasteiger partial charge in [0.25, 0.3) is 0 Å². The lowest BCUT2D eigenvalue weighted by atomic mass is 10.2. The lowest BCUT2D eigenvalue weighted by Crippen LogP contribution is -2.24. The van der Waals surface area contributed by atoms with Gasteiger partial charge in [0.05, 0.1) is 24.3 Å². The van der Waals surface area contributed by atoms with E-state index in [0.717, 1.165) is 27.6 Å². The number of aromatic nitrogens is 2. The van der Waals surface area contributed by atoms with E-state index in [9.17, 15) is 4.79 Å². The minimum atomic E-state index is -0.0854. The van der Waals surface area contributed by atoms with E-state index in [1.165, 1.54) is 11.8 Å². The van der Waals surface area contributed by atoms with Crippen LogP contribution in [0, 0.1) is 0 Å². The molecule has 2 aromatic heterocycles. The molecule has 0 aliphatic rings. The van der Waals surface area contributed by atoms with E-state index in [0.29, 0.717) is 17.4 Å². The largest absolute Gasteiger partial charge is 0.467 e. The van der Waals surface area contributed by atoms with Gasteiger partial charge in [0, 0.05) is 16.1 Å². The summed E-state index contributed by atoms with van der Waals surface area (Å²) in [5.41, 5.74) is 2.78. The Kier molecular flexibility index (Phi) is 6.03. The van der Waals surface area contributed by atoms with Crippen molar-refractivity contribution in [1.29, 1.82) is 0 Å². The standard InChI is InChI=1S/C22H18ClN3O2S/c23-17-9-4-8-16(12-17)21-25-20(15-6-2-1-3-7-15)22(26-21)29-14-19(27)24-13-18-10-5-11-28-18/h1-12H,13-14H2,(H,24,27)(H,25,26). The van der Waals surface area contributed by atoms with Crippen molar-refractivity contribution < 1.29 is 9.21 Å². The zero-order valence-electron chi connectivity index (χ0n) is 15.4. The molecular formula is C22H18ClN3O2S. The summed E-state index contributed by atoms with van der Waals surface area (Å²) >= 11 is 7.52. The van der Waals surface area contributed by atoms with Crippen molar-refractivity contribution in [3.8, 4) is 22.6 Å². The average molecular weight is 424 g/mol. The van der Waals surface area contributed by atoms with Crippen LogP contribution in [-0.2, 0) is 11.3 Å². The summed E-state index contributed by atoms with van der Waals surface area (Å²) in [7, 11) is 0. The number of imidazole rings is 1. The number of amides is 1. The minimum absolute atomic E-state index is 0.0854. The predicted octanol–water partition coefficient (Wildman–Crippen LogP) is 5.40. The Hall–Kier alpha value is -2.96. The highest BCUT2D eigenvalue weighted by atomic mass is 35.5. The Bertz CT molecular complexity index is 1090. The number of hydrogen-bond acceptors (Lipinski definition) is 4. The first-order valence-corrected chi connectivity index (χ1v) is 10.4. The van der Waals surface area contributed by atoms with Gasteiger partial charge in [-0.15, -0.1) is 0 Å². The van der Waals surface area contributed by atoms with Gasteiger partial charge in [-0.1, -0.05) is 65.8 Å². The van der Waals surface area contributed by atoms with Gasteiger partial charge in [-0.05, 0) is 24.3 Å². The van der Waals surface area contributed by atoms with Gasteiger partial charge < -0.3 is 14.7 Å². The molecule has 4 aromatic rings. The lowest BCUT2D eigenvalue weighted by molar-refractivity contribution is -0.118. The van der Waals surface area contributed by atoms with Crippen LogP contribution in [0.25, 0.3) is 22.6 Å². The number of aromatic amines is 1. The van der Waals surface area contributed by atoms with E-state index in [2.05, 4.69) is 10.3 Å². The van der Waals surface area contributed by atoms with Crippen LogP contribution >= 0.6 is 23.4 Å². The second-order valence-electron chi connectivity index (χ2n) is 6.29. The fraction of sp³-hybridized carbons (Fsp3) is 0.0909. The number of H-pyrrole nitrogens is 1. The Morgan fingerprint density at radius 3 is 2.66 bits per heavy atom. The highest BCUT2D eigenvalue weighted by Crippen LogP contribution is 2.32. The maximum Gasteiger partial charge on any atom is 0.230 e. The molecule has 146 valence electrons. The van der Waals surface area contributed by atoms with Crippen molar-refractivity contribution >= 4 is 29.3 Å². The SMILES string of the molecule is O=C(CSc1nc(-c2cccc(Cl)c2)[nH]c1-c1ccccc1)NCc1ccco1. The van der Waals surface area contributed by atoms with E-state index in [1.807, 2.05) is 60.7 Å². The number of carbonyl (C=O) groups is 1. The third kappa shape index (κ3) is 4.91. The van der Waals surface area contributed by atoms with Gasteiger partial charge in [-0.3, -0.25) is 4.79 Å². The Morgan fingerprint density at radius 2 is 1.90 bits per heavy atom. The molecule has 1 amide bonds. The Morgan fingerprint density at radius 1 is 1.07 bits per heavy atom. The van der Waals surface area contributed by atoms with Gasteiger partial charge >= 0.3 is 0 Å². The molecule has 0 fully saturated rings.